The van der Waals surface area contributed by atoms with Gasteiger partial charge in [-0.2, -0.15) is 0 Å². The van der Waals surface area contributed by atoms with Gasteiger partial charge in [0.1, 0.15) is 5.82 Å². The normalized spacial score (nSPS) is 29.0. The molecular formula is C16H22FN3O. The van der Waals surface area contributed by atoms with Crippen molar-refractivity contribution in [2.75, 3.05) is 19.7 Å². The van der Waals surface area contributed by atoms with Crippen LogP contribution in [0, 0.1) is 5.82 Å². The monoisotopic (exact) mass is 291 g/mol. The molecule has 1 fully saturated rings. The third kappa shape index (κ3) is 2.88. The van der Waals surface area contributed by atoms with Gasteiger partial charge in [0.15, 0.2) is 5.96 Å². The summed E-state index contributed by atoms with van der Waals surface area (Å²) in [6.07, 6.45) is 2.95. The first-order valence-electron chi connectivity index (χ1n) is 7.51. The van der Waals surface area contributed by atoms with Gasteiger partial charge in [0, 0.05) is 19.6 Å². The molecule has 0 aliphatic carbocycles. The largest absolute Gasteiger partial charge is 0.376 e. The summed E-state index contributed by atoms with van der Waals surface area (Å²) in [5.74, 6) is 0.380. The Hall–Kier alpha value is -1.62. The summed E-state index contributed by atoms with van der Waals surface area (Å²) in [7, 11) is 0. The van der Waals surface area contributed by atoms with Crippen molar-refractivity contribution in [3.05, 3.63) is 35.6 Å². The predicted molar refractivity (Wildman–Crippen MR) is 80.7 cm³/mol. The minimum Gasteiger partial charge on any atom is -0.376 e. The highest BCUT2D eigenvalue weighted by Crippen LogP contribution is 2.28. The second-order valence-corrected chi connectivity index (χ2v) is 6.19. The average Bonchev–Trinajstić information content (AvgIpc) is 3.06. The van der Waals surface area contributed by atoms with E-state index >= 15 is 0 Å². The standard InChI is InChI=1S/C16H22FN3O/c1-16(9-12-5-2-3-7-14(12)17)11-19-15(18)20(16)10-13-6-4-8-21-13/h2-3,5,7,13H,4,6,8-11H2,1H3,(H2,18,19). The number of ether oxygens (including phenoxy) is 1. The van der Waals surface area contributed by atoms with Crippen LogP contribution in [0.1, 0.15) is 25.3 Å². The van der Waals surface area contributed by atoms with Gasteiger partial charge in [-0.15, -0.1) is 0 Å². The molecule has 2 unspecified atom stereocenters. The fourth-order valence-electron chi connectivity index (χ4n) is 3.21. The van der Waals surface area contributed by atoms with Crippen LogP contribution in [-0.2, 0) is 11.2 Å². The summed E-state index contributed by atoms with van der Waals surface area (Å²) in [4.78, 5) is 6.47. The Morgan fingerprint density at radius 3 is 3.00 bits per heavy atom. The molecule has 1 aromatic rings. The predicted octanol–water partition coefficient (Wildman–Crippen LogP) is 1.94. The van der Waals surface area contributed by atoms with Crippen LogP contribution in [0.3, 0.4) is 0 Å². The van der Waals surface area contributed by atoms with Crippen LogP contribution in [0.2, 0.25) is 0 Å². The van der Waals surface area contributed by atoms with E-state index in [9.17, 15) is 4.39 Å². The number of nitrogens with zero attached hydrogens (tertiary/aromatic N) is 2. The quantitative estimate of drug-likeness (QED) is 0.922. The molecule has 0 spiro atoms. The molecule has 0 saturated carbocycles. The Labute approximate surface area is 124 Å². The summed E-state index contributed by atoms with van der Waals surface area (Å²) < 4.78 is 19.6. The minimum atomic E-state index is -0.280. The zero-order chi connectivity index (χ0) is 14.9. The lowest BCUT2D eigenvalue weighted by molar-refractivity contribution is 0.0694. The van der Waals surface area contributed by atoms with Gasteiger partial charge in [-0.3, -0.25) is 4.99 Å². The zero-order valence-corrected chi connectivity index (χ0v) is 12.4. The molecule has 0 radical (unpaired) electrons. The van der Waals surface area contributed by atoms with Crippen LogP contribution in [0.4, 0.5) is 4.39 Å². The first-order chi connectivity index (χ1) is 10.1. The van der Waals surface area contributed by atoms with Gasteiger partial charge < -0.3 is 15.4 Å². The Bertz CT molecular complexity index is 542. The van der Waals surface area contributed by atoms with E-state index in [0.717, 1.165) is 26.0 Å². The van der Waals surface area contributed by atoms with Gasteiger partial charge in [0.25, 0.3) is 0 Å². The van der Waals surface area contributed by atoms with Gasteiger partial charge in [-0.25, -0.2) is 4.39 Å². The maximum Gasteiger partial charge on any atom is 0.191 e. The first-order valence-corrected chi connectivity index (χ1v) is 7.51. The maximum atomic E-state index is 13.9. The van der Waals surface area contributed by atoms with E-state index in [2.05, 4.69) is 16.8 Å². The van der Waals surface area contributed by atoms with Crippen LogP contribution < -0.4 is 5.73 Å². The van der Waals surface area contributed by atoms with E-state index in [0.29, 0.717) is 24.5 Å². The lowest BCUT2D eigenvalue weighted by Gasteiger charge is -2.37. The Morgan fingerprint density at radius 1 is 1.48 bits per heavy atom. The molecule has 2 aliphatic rings. The molecule has 114 valence electrons. The van der Waals surface area contributed by atoms with Gasteiger partial charge in [-0.05, 0) is 31.4 Å². The van der Waals surface area contributed by atoms with Crippen molar-refractivity contribution < 1.29 is 9.13 Å². The summed E-state index contributed by atoms with van der Waals surface area (Å²) >= 11 is 0. The minimum absolute atomic E-state index is 0.165. The zero-order valence-electron chi connectivity index (χ0n) is 12.4. The van der Waals surface area contributed by atoms with Gasteiger partial charge in [-0.1, -0.05) is 18.2 Å². The van der Waals surface area contributed by atoms with Crippen molar-refractivity contribution in [1.29, 1.82) is 0 Å². The SMILES string of the molecule is CC1(Cc2ccccc2F)CN=C(N)N1CC1CCCO1. The summed E-state index contributed by atoms with van der Waals surface area (Å²) in [5, 5.41) is 0. The van der Waals surface area contributed by atoms with Crippen molar-refractivity contribution in [3.63, 3.8) is 0 Å². The molecule has 5 heteroatoms. The number of guanidine groups is 1. The molecule has 4 nitrogen and oxygen atoms in total. The van der Waals surface area contributed by atoms with Crippen molar-refractivity contribution in [1.82, 2.24) is 4.90 Å². The summed E-state index contributed by atoms with van der Waals surface area (Å²) in [6, 6.07) is 6.91. The highest BCUT2D eigenvalue weighted by Gasteiger charge is 2.40. The topological polar surface area (TPSA) is 50.8 Å². The molecule has 0 aromatic heterocycles. The van der Waals surface area contributed by atoms with E-state index in [1.54, 1.807) is 6.07 Å². The molecule has 0 amide bonds. The third-order valence-electron chi connectivity index (χ3n) is 4.45. The smallest absolute Gasteiger partial charge is 0.191 e. The molecule has 2 heterocycles. The molecule has 1 saturated heterocycles. The first kappa shape index (κ1) is 14.3. The van der Waals surface area contributed by atoms with E-state index in [1.165, 1.54) is 6.07 Å². The highest BCUT2D eigenvalue weighted by atomic mass is 19.1. The van der Waals surface area contributed by atoms with Gasteiger partial charge >= 0.3 is 0 Å². The van der Waals surface area contributed by atoms with Gasteiger partial charge in [0.05, 0.1) is 18.2 Å². The van der Waals surface area contributed by atoms with Crippen molar-refractivity contribution in [2.45, 2.75) is 37.8 Å². The molecule has 2 aliphatic heterocycles. The molecule has 1 aromatic carbocycles. The van der Waals surface area contributed by atoms with E-state index in [-0.39, 0.29) is 17.5 Å². The van der Waals surface area contributed by atoms with Crippen LogP contribution in [0.15, 0.2) is 29.3 Å². The average molecular weight is 291 g/mol. The lowest BCUT2D eigenvalue weighted by Crippen LogP contribution is -2.53. The molecule has 2 N–H and O–H groups in total. The molecule has 3 rings (SSSR count). The third-order valence-corrected chi connectivity index (χ3v) is 4.45. The van der Waals surface area contributed by atoms with Crippen LogP contribution >= 0.6 is 0 Å². The second kappa shape index (κ2) is 5.64. The number of rotatable bonds is 4. The fraction of sp³-hybridized carbons (Fsp3) is 0.562. The van der Waals surface area contributed by atoms with E-state index in [4.69, 9.17) is 10.5 Å². The van der Waals surface area contributed by atoms with Crippen LogP contribution in [-0.4, -0.2) is 42.2 Å². The van der Waals surface area contributed by atoms with Crippen LogP contribution in [0.25, 0.3) is 0 Å². The van der Waals surface area contributed by atoms with E-state index < -0.39 is 0 Å². The summed E-state index contributed by atoms with van der Waals surface area (Å²) in [5.41, 5.74) is 6.48. The summed E-state index contributed by atoms with van der Waals surface area (Å²) in [6.45, 7) is 4.25. The number of halogens is 1. The molecule has 2 atom stereocenters. The second-order valence-electron chi connectivity index (χ2n) is 6.19. The van der Waals surface area contributed by atoms with Crippen molar-refractivity contribution in [3.8, 4) is 0 Å². The van der Waals surface area contributed by atoms with Crippen molar-refractivity contribution >= 4 is 5.96 Å². The Kier molecular flexibility index (Phi) is 3.85. The van der Waals surface area contributed by atoms with Gasteiger partial charge in [0.2, 0.25) is 0 Å². The number of hydrogen-bond acceptors (Lipinski definition) is 4. The number of nitrogens with two attached hydrogens (primary N) is 1. The lowest BCUT2D eigenvalue weighted by atomic mass is 9.91. The van der Waals surface area contributed by atoms with E-state index in [1.807, 2.05) is 12.1 Å². The number of hydrogen-bond donors (Lipinski definition) is 1. The Balaban J connectivity index is 1.76. The molecule has 21 heavy (non-hydrogen) atoms. The number of benzene rings is 1. The Morgan fingerprint density at radius 2 is 2.29 bits per heavy atom. The fourth-order valence-corrected chi connectivity index (χ4v) is 3.21. The van der Waals surface area contributed by atoms with Crippen LogP contribution in [0.5, 0.6) is 0 Å². The highest BCUT2D eigenvalue weighted by molar-refractivity contribution is 5.81. The van der Waals surface area contributed by atoms with Crippen molar-refractivity contribution in [2.24, 2.45) is 10.7 Å². The number of aliphatic imine (C=N–C) groups is 1. The molecular weight excluding hydrogens is 269 g/mol. The maximum absolute atomic E-state index is 13.9. The molecule has 0 bridgehead atoms.